The van der Waals surface area contributed by atoms with Gasteiger partial charge >= 0.3 is 0 Å². The lowest BCUT2D eigenvalue weighted by atomic mass is 10.3. The van der Waals surface area contributed by atoms with Gasteiger partial charge in [0.2, 0.25) is 0 Å². The van der Waals surface area contributed by atoms with Gasteiger partial charge in [0.15, 0.2) is 0 Å². The number of carbonyl (C=O) groups excluding carboxylic acids is 1. The number of aromatic nitrogens is 2. The summed E-state index contributed by atoms with van der Waals surface area (Å²) < 4.78 is 0. The average Bonchev–Trinajstić information content (AvgIpc) is 2.60. The molecular formula is C17H11Cl3N4O. The minimum Gasteiger partial charge on any atom is -0.339 e. The van der Waals surface area contributed by atoms with Gasteiger partial charge in [0.05, 0.1) is 23.1 Å². The fourth-order valence-corrected chi connectivity index (χ4v) is 2.55. The van der Waals surface area contributed by atoms with Crippen molar-refractivity contribution < 1.29 is 4.79 Å². The number of anilines is 3. The first-order valence-corrected chi connectivity index (χ1v) is 8.26. The molecular weight excluding hydrogens is 383 g/mol. The molecule has 0 atom stereocenters. The van der Waals surface area contributed by atoms with Crippen molar-refractivity contribution in [2.75, 3.05) is 10.6 Å². The molecule has 0 unspecified atom stereocenters. The van der Waals surface area contributed by atoms with Gasteiger partial charge in [-0.3, -0.25) is 4.79 Å². The van der Waals surface area contributed by atoms with Crippen LogP contribution in [0.1, 0.15) is 10.5 Å². The first kappa shape index (κ1) is 17.5. The number of hydrogen-bond acceptors (Lipinski definition) is 4. The van der Waals surface area contributed by atoms with Crippen molar-refractivity contribution in [3.8, 4) is 0 Å². The molecule has 1 aromatic heterocycles. The van der Waals surface area contributed by atoms with Crippen molar-refractivity contribution in [2.24, 2.45) is 0 Å². The molecule has 0 bridgehead atoms. The first-order valence-electron chi connectivity index (χ1n) is 7.12. The van der Waals surface area contributed by atoms with Crippen molar-refractivity contribution in [3.63, 3.8) is 0 Å². The molecule has 5 nitrogen and oxygen atoms in total. The van der Waals surface area contributed by atoms with E-state index in [1.54, 1.807) is 30.3 Å². The Labute approximate surface area is 159 Å². The third kappa shape index (κ3) is 4.60. The first-order chi connectivity index (χ1) is 12.0. The Kier molecular flexibility index (Phi) is 5.38. The van der Waals surface area contributed by atoms with E-state index in [4.69, 9.17) is 34.8 Å². The van der Waals surface area contributed by atoms with Gasteiger partial charge in [-0.15, -0.1) is 0 Å². The van der Waals surface area contributed by atoms with Crippen LogP contribution in [0, 0.1) is 0 Å². The molecule has 1 heterocycles. The van der Waals surface area contributed by atoms with Crippen LogP contribution < -0.4 is 10.6 Å². The summed E-state index contributed by atoms with van der Waals surface area (Å²) in [6.45, 7) is 0. The molecule has 2 N–H and O–H groups in total. The van der Waals surface area contributed by atoms with E-state index in [9.17, 15) is 4.79 Å². The van der Waals surface area contributed by atoms with Crippen LogP contribution in [0.5, 0.6) is 0 Å². The maximum Gasteiger partial charge on any atom is 0.275 e. The lowest BCUT2D eigenvalue weighted by Gasteiger charge is -2.08. The van der Waals surface area contributed by atoms with Gasteiger partial charge in [-0.25, -0.2) is 9.97 Å². The zero-order valence-corrected chi connectivity index (χ0v) is 14.9. The molecule has 0 aliphatic heterocycles. The summed E-state index contributed by atoms with van der Waals surface area (Å²) >= 11 is 17.7. The van der Waals surface area contributed by atoms with Gasteiger partial charge in [0, 0.05) is 15.7 Å². The topological polar surface area (TPSA) is 66.9 Å². The summed E-state index contributed by atoms with van der Waals surface area (Å²) in [7, 11) is 0. The van der Waals surface area contributed by atoms with Gasteiger partial charge in [-0.05, 0) is 42.5 Å². The molecule has 0 saturated heterocycles. The van der Waals surface area contributed by atoms with Gasteiger partial charge in [0.25, 0.3) is 5.91 Å². The van der Waals surface area contributed by atoms with Crippen LogP contribution in [-0.2, 0) is 0 Å². The van der Waals surface area contributed by atoms with Crippen LogP contribution in [-0.4, -0.2) is 15.9 Å². The van der Waals surface area contributed by atoms with E-state index in [0.29, 0.717) is 26.6 Å². The van der Waals surface area contributed by atoms with Crippen LogP contribution in [0.15, 0.2) is 54.9 Å². The molecule has 0 aliphatic carbocycles. The Morgan fingerprint density at radius 1 is 0.880 bits per heavy atom. The van der Waals surface area contributed by atoms with E-state index in [1.807, 2.05) is 12.1 Å². The Morgan fingerprint density at radius 3 is 2.24 bits per heavy atom. The molecule has 1 amide bonds. The summed E-state index contributed by atoms with van der Waals surface area (Å²) in [6, 6.07) is 11.9. The Morgan fingerprint density at radius 2 is 1.60 bits per heavy atom. The number of amides is 1. The molecule has 126 valence electrons. The van der Waals surface area contributed by atoms with Crippen LogP contribution in [0.25, 0.3) is 0 Å². The second-order valence-electron chi connectivity index (χ2n) is 5.00. The van der Waals surface area contributed by atoms with Crippen LogP contribution in [0.4, 0.5) is 17.2 Å². The zero-order chi connectivity index (χ0) is 17.8. The van der Waals surface area contributed by atoms with Gasteiger partial charge in [-0.2, -0.15) is 0 Å². The zero-order valence-electron chi connectivity index (χ0n) is 12.6. The molecule has 25 heavy (non-hydrogen) atoms. The minimum atomic E-state index is -0.422. The van der Waals surface area contributed by atoms with E-state index in [2.05, 4.69) is 20.6 Å². The lowest BCUT2D eigenvalue weighted by molar-refractivity contribution is 0.102. The predicted molar refractivity (Wildman–Crippen MR) is 101 cm³/mol. The molecule has 3 aromatic rings. The number of nitrogens with one attached hydrogen (secondary N) is 2. The number of nitrogens with zero attached hydrogens (tertiary/aromatic N) is 2. The Hall–Kier alpha value is -2.34. The molecule has 0 fully saturated rings. The fraction of sp³-hybridized carbons (Fsp3) is 0. The Bertz CT molecular complexity index is 899. The fourth-order valence-electron chi connectivity index (χ4n) is 1.97. The van der Waals surface area contributed by atoms with Crippen LogP contribution in [0.3, 0.4) is 0 Å². The van der Waals surface area contributed by atoms with Gasteiger partial charge in [-0.1, -0.05) is 34.8 Å². The SMILES string of the molecule is O=C(Nc1ccc(Cl)cc1Cl)c1cnc(Nc2ccc(Cl)cc2)cn1. The molecule has 0 saturated carbocycles. The highest BCUT2D eigenvalue weighted by molar-refractivity contribution is 6.36. The van der Waals surface area contributed by atoms with Gasteiger partial charge in [0.1, 0.15) is 11.5 Å². The smallest absolute Gasteiger partial charge is 0.275 e. The average molecular weight is 394 g/mol. The molecule has 8 heteroatoms. The Balaban J connectivity index is 1.68. The summed E-state index contributed by atoms with van der Waals surface area (Å²) in [6.07, 6.45) is 2.84. The number of halogens is 3. The second-order valence-corrected chi connectivity index (χ2v) is 6.28. The normalized spacial score (nSPS) is 10.4. The monoisotopic (exact) mass is 392 g/mol. The highest BCUT2D eigenvalue weighted by Crippen LogP contribution is 2.25. The molecule has 2 aromatic carbocycles. The van der Waals surface area contributed by atoms with Crippen molar-refractivity contribution in [2.45, 2.75) is 0 Å². The number of rotatable bonds is 4. The van der Waals surface area contributed by atoms with Crippen molar-refractivity contribution >= 4 is 57.9 Å². The standard InChI is InChI=1S/C17H11Cl3N4O/c18-10-1-4-12(5-2-10)23-16-9-21-15(8-22-16)17(25)24-14-6-3-11(19)7-13(14)20/h1-9H,(H,22,23)(H,24,25). The van der Waals surface area contributed by atoms with Crippen LogP contribution >= 0.6 is 34.8 Å². The summed E-state index contributed by atoms with van der Waals surface area (Å²) in [5.41, 5.74) is 1.41. The van der Waals surface area contributed by atoms with Crippen LogP contribution in [0.2, 0.25) is 15.1 Å². The summed E-state index contributed by atoms with van der Waals surface area (Å²) in [5.74, 6) is 0.0816. The van der Waals surface area contributed by atoms with E-state index in [0.717, 1.165) is 5.69 Å². The molecule has 3 rings (SSSR count). The summed E-state index contributed by atoms with van der Waals surface area (Å²) in [4.78, 5) is 20.5. The molecule has 0 spiro atoms. The van der Waals surface area contributed by atoms with Crippen molar-refractivity contribution in [1.82, 2.24) is 9.97 Å². The predicted octanol–water partition coefficient (Wildman–Crippen LogP) is 5.43. The van der Waals surface area contributed by atoms with E-state index >= 15 is 0 Å². The summed E-state index contributed by atoms with van der Waals surface area (Å²) in [5, 5.41) is 7.20. The third-order valence-corrected chi connectivity index (χ3v) is 3.98. The number of benzene rings is 2. The minimum absolute atomic E-state index is 0.160. The second kappa shape index (κ2) is 7.70. The van der Waals surface area contributed by atoms with Gasteiger partial charge < -0.3 is 10.6 Å². The number of carbonyl (C=O) groups is 1. The van der Waals surface area contributed by atoms with Crippen molar-refractivity contribution in [1.29, 1.82) is 0 Å². The third-order valence-electron chi connectivity index (χ3n) is 3.18. The van der Waals surface area contributed by atoms with Crippen molar-refractivity contribution in [3.05, 3.63) is 75.6 Å². The van der Waals surface area contributed by atoms with E-state index < -0.39 is 5.91 Å². The number of hydrogen-bond donors (Lipinski definition) is 2. The van der Waals surface area contributed by atoms with E-state index in [-0.39, 0.29) is 5.69 Å². The maximum absolute atomic E-state index is 12.2. The quantitative estimate of drug-likeness (QED) is 0.620. The molecule has 0 radical (unpaired) electrons. The van der Waals surface area contributed by atoms with E-state index in [1.165, 1.54) is 12.4 Å². The highest BCUT2D eigenvalue weighted by Gasteiger charge is 2.11. The largest absolute Gasteiger partial charge is 0.339 e. The molecule has 0 aliphatic rings. The maximum atomic E-state index is 12.2. The highest BCUT2D eigenvalue weighted by atomic mass is 35.5. The lowest BCUT2D eigenvalue weighted by Crippen LogP contribution is -2.14.